The number of nitrogens with one attached hydrogen (secondary N) is 1. The first-order valence-corrected chi connectivity index (χ1v) is 7.04. The topological polar surface area (TPSA) is 24.9 Å². The first-order chi connectivity index (χ1) is 6.90. The molecule has 1 aromatic rings. The fourth-order valence-corrected chi connectivity index (χ4v) is 3.92. The summed E-state index contributed by atoms with van der Waals surface area (Å²) >= 11 is 3.96. The molecule has 1 saturated heterocycles. The molecule has 0 radical (unpaired) electrons. The highest BCUT2D eigenvalue weighted by Crippen LogP contribution is 2.33. The van der Waals surface area contributed by atoms with Crippen molar-refractivity contribution in [3.05, 3.63) is 16.1 Å². The lowest BCUT2D eigenvalue weighted by Gasteiger charge is -2.18. The van der Waals surface area contributed by atoms with E-state index in [0.29, 0.717) is 0 Å². The van der Waals surface area contributed by atoms with Gasteiger partial charge in [0.1, 0.15) is 0 Å². The van der Waals surface area contributed by atoms with Gasteiger partial charge in [-0.05, 0) is 31.4 Å². The van der Waals surface area contributed by atoms with Crippen molar-refractivity contribution < 1.29 is 0 Å². The molecule has 2 rings (SSSR count). The van der Waals surface area contributed by atoms with E-state index in [2.05, 4.69) is 22.1 Å². The third-order valence-corrected chi connectivity index (χ3v) is 4.70. The first-order valence-electron chi connectivity index (χ1n) is 5.07. The second kappa shape index (κ2) is 5.14. The van der Waals surface area contributed by atoms with Gasteiger partial charge >= 0.3 is 0 Å². The van der Waals surface area contributed by atoms with E-state index in [1.807, 2.05) is 24.6 Å². The summed E-state index contributed by atoms with van der Waals surface area (Å²) in [6.07, 6.45) is 4.66. The number of thiazole rings is 1. The molecule has 2 nitrogen and oxygen atoms in total. The van der Waals surface area contributed by atoms with Gasteiger partial charge < -0.3 is 5.32 Å². The Morgan fingerprint density at radius 2 is 2.29 bits per heavy atom. The molecule has 1 fully saturated rings. The Labute approximate surface area is 93.5 Å². The Balaban J connectivity index is 2.00. The molecule has 1 aromatic heterocycles. The number of hydrogen-bond donors (Lipinski definition) is 1. The summed E-state index contributed by atoms with van der Waals surface area (Å²) in [5.74, 6) is 3.36. The van der Waals surface area contributed by atoms with Crippen LogP contribution in [0, 0.1) is 0 Å². The number of hydrogen-bond acceptors (Lipinski definition) is 4. The summed E-state index contributed by atoms with van der Waals surface area (Å²) in [4.78, 5) is 5.89. The summed E-state index contributed by atoms with van der Waals surface area (Å²) in [6, 6.07) is 0. The van der Waals surface area contributed by atoms with Crippen molar-refractivity contribution in [2.45, 2.75) is 25.3 Å². The Morgan fingerprint density at radius 3 is 3.00 bits per heavy atom. The summed E-state index contributed by atoms with van der Waals surface area (Å²) in [5.41, 5.74) is 0. The van der Waals surface area contributed by atoms with Gasteiger partial charge in [-0.1, -0.05) is 0 Å². The van der Waals surface area contributed by atoms with Gasteiger partial charge in [0.05, 0.1) is 5.01 Å². The van der Waals surface area contributed by atoms with Gasteiger partial charge in [0.15, 0.2) is 0 Å². The van der Waals surface area contributed by atoms with Crippen molar-refractivity contribution in [2.75, 3.05) is 18.6 Å². The molecular weight excluding hydrogens is 212 g/mol. The van der Waals surface area contributed by atoms with E-state index in [1.54, 1.807) is 0 Å². The van der Waals surface area contributed by atoms with E-state index in [1.165, 1.54) is 34.2 Å². The SMILES string of the molecule is CNCc1cnc(C2CCSCC2)s1. The minimum Gasteiger partial charge on any atom is -0.315 e. The monoisotopic (exact) mass is 228 g/mol. The second-order valence-electron chi connectivity index (χ2n) is 3.58. The van der Waals surface area contributed by atoms with Crippen molar-refractivity contribution in [3.8, 4) is 0 Å². The zero-order valence-electron chi connectivity index (χ0n) is 8.45. The van der Waals surface area contributed by atoms with Crippen LogP contribution in [0.2, 0.25) is 0 Å². The van der Waals surface area contributed by atoms with Crippen LogP contribution in [0.3, 0.4) is 0 Å². The van der Waals surface area contributed by atoms with Crippen LogP contribution < -0.4 is 5.32 Å². The van der Waals surface area contributed by atoms with Crippen LogP contribution in [-0.4, -0.2) is 23.5 Å². The van der Waals surface area contributed by atoms with Crippen LogP contribution in [-0.2, 0) is 6.54 Å². The molecule has 14 heavy (non-hydrogen) atoms. The Hall–Kier alpha value is -0.0600. The van der Waals surface area contributed by atoms with Gasteiger partial charge in [-0.2, -0.15) is 11.8 Å². The smallest absolute Gasteiger partial charge is 0.0959 e. The lowest BCUT2D eigenvalue weighted by atomic mass is 10.0. The summed E-state index contributed by atoms with van der Waals surface area (Å²) in [7, 11) is 1.98. The zero-order chi connectivity index (χ0) is 9.80. The highest BCUT2D eigenvalue weighted by molar-refractivity contribution is 7.99. The second-order valence-corrected chi connectivity index (χ2v) is 5.95. The molecule has 1 aliphatic heterocycles. The van der Waals surface area contributed by atoms with Crippen molar-refractivity contribution >= 4 is 23.1 Å². The summed E-state index contributed by atoms with van der Waals surface area (Å²) in [5, 5.41) is 4.52. The molecule has 78 valence electrons. The van der Waals surface area contributed by atoms with E-state index in [9.17, 15) is 0 Å². The van der Waals surface area contributed by atoms with E-state index in [0.717, 1.165) is 12.5 Å². The van der Waals surface area contributed by atoms with Crippen molar-refractivity contribution in [3.63, 3.8) is 0 Å². The number of aromatic nitrogens is 1. The molecule has 0 aromatic carbocycles. The lowest BCUT2D eigenvalue weighted by molar-refractivity contribution is 0.633. The highest BCUT2D eigenvalue weighted by Gasteiger charge is 2.18. The van der Waals surface area contributed by atoms with Crippen molar-refractivity contribution in [1.29, 1.82) is 0 Å². The van der Waals surface area contributed by atoms with Crippen molar-refractivity contribution in [2.24, 2.45) is 0 Å². The number of nitrogens with zero attached hydrogens (tertiary/aromatic N) is 1. The fourth-order valence-electron chi connectivity index (χ4n) is 1.71. The molecule has 1 aliphatic rings. The largest absolute Gasteiger partial charge is 0.315 e. The first kappa shape index (κ1) is 10.5. The predicted molar refractivity (Wildman–Crippen MR) is 64.2 cm³/mol. The molecule has 0 unspecified atom stereocenters. The molecule has 0 spiro atoms. The van der Waals surface area contributed by atoms with Crippen LogP contribution >= 0.6 is 23.1 Å². The van der Waals surface area contributed by atoms with Gasteiger partial charge in [-0.25, -0.2) is 4.98 Å². The zero-order valence-corrected chi connectivity index (χ0v) is 10.1. The maximum absolute atomic E-state index is 4.53. The standard InChI is InChI=1S/C10H16N2S2/c1-11-6-9-7-12-10(14-9)8-2-4-13-5-3-8/h7-8,11H,2-6H2,1H3. The maximum Gasteiger partial charge on any atom is 0.0959 e. The van der Waals surface area contributed by atoms with E-state index in [-0.39, 0.29) is 0 Å². The minimum absolute atomic E-state index is 0.742. The molecule has 4 heteroatoms. The average molecular weight is 228 g/mol. The molecule has 0 aliphatic carbocycles. The normalized spacial score (nSPS) is 18.6. The lowest BCUT2D eigenvalue weighted by Crippen LogP contribution is -2.07. The summed E-state index contributed by atoms with van der Waals surface area (Å²) in [6.45, 7) is 0.957. The van der Waals surface area contributed by atoms with Crippen LogP contribution in [0.4, 0.5) is 0 Å². The molecule has 0 amide bonds. The van der Waals surface area contributed by atoms with Gasteiger partial charge in [-0.15, -0.1) is 11.3 Å². The van der Waals surface area contributed by atoms with Gasteiger partial charge in [0.25, 0.3) is 0 Å². The molecular formula is C10H16N2S2. The van der Waals surface area contributed by atoms with Gasteiger partial charge in [0.2, 0.25) is 0 Å². The van der Waals surface area contributed by atoms with Crippen LogP contribution in [0.25, 0.3) is 0 Å². The van der Waals surface area contributed by atoms with E-state index in [4.69, 9.17) is 0 Å². The molecule has 1 N–H and O–H groups in total. The molecule has 0 bridgehead atoms. The predicted octanol–water partition coefficient (Wildman–Crippen LogP) is 2.47. The Kier molecular flexibility index (Phi) is 3.84. The third kappa shape index (κ3) is 2.49. The Bertz CT molecular complexity index is 279. The minimum atomic E-state index is 0.742. The third-order valence-electron chi connectivity index (χ3n) is 2.49. The number of thioether (sulfide) groups is 1. The maximum atomic E-state index is 4.53. The highest BCUT2D eigenvalue weighted by atomic mass is 32.2. The Morgan fingerprint density at radius 1 is 1.50 bits per heavy atom. The van der Waals surface area contributed by atoms with Crippen molar-refractivity contribution in [1.82, 2.24) is 10.3 Å². The average Bonchev–Trinajstić information content (AvgIpc) is 2.68. The van der Waals surface area contributed by atoms with Gasteiger partial charge in [-0.3, -0.25) is 0 Å². The molecule has 0 saturated carbocycles. The van der Waals surface area contributed by atoms with E-state index >= 15 is 0 Å². The fraction of sp³-hybridized carbons (Fsp3) is 0.700. The molecule has 0 atom stereocenters. The molecule has 2 heterocycles. The van der Waals surface area contributed by atoms with Crippen LogP contribution in [0.1, 0.15) is 28.6 Å². The summed E-state index contributed by atoms with van der Waals surface area (Å²) < 4.78 is 0. The van der Waals surface area contributed by atoms with E-state index < -0.39 is 0 Å². The quantitative estimate of drug-likeness (QED) is 0.860. The van der Waals surface area contributed by atoms with Crippen LogP contribution in [0.15, 0.2) is 6.20 Å². The van der Waals surface area contributed by atoms with Gasteiger partial charge in [0, 0.05) is 23.5 Å². The number of rotatable bonds is 3. The van der Waals surface area contributed by atoms with Crippen LogP contribution in [0.5, 0.6) is 0 Å².